The SMILES string of the molecule is Cc1ccc(NC(=O)N2CC[C@H](c3ccccc3)C2)cc1S(=O)(=O)NC1CC1. The van der Waals surface area contributed by atoms with Crippen LogP contribution in [0.4, 0.5) is 10.5 Å². The molecule has 2 N–H and O–H groups in total. The first-order valence-electron chi connectivity index (χ1n) is 9.66. The molecule has 1 saturated carbocycles. The number of nitrogens with one attached hydrogen (secondary N) is 2. The first kappa shape index (κ1) is 19.0. The zero-order chi connectivity index (χ0) is 19.7. The molecule has 1 aliphatic carbocycles. The summed E-state index contributed by atoms with van der Waals surface area (Å²) in [5.41, 5.74) is 2.40. The summed E-state index contributed by atoms with van der Waals surface area (Å²) >= 11 is 0. The smallest absolute Gasteiger partial charge is 0.321 e. The van der Waals surface area contributed by atoms with Crippen molar-refractivity contribution in [3.8, 4) is 0 Å². The van der Waals surface area contributed by atoms with Crippen LogP contribution in [0, 0.1) is 6.92 Å². The van der Waals surface area contributed by atoms with Gasteiger partial charge in [0.25, 0.3) is 0 Å². The lowest BCUT2D eigenvalue weighted by atomic mass is 9.99. The van der Waals surface area contributed by atoms with Gasteiger partial charge < -0.3 is 10.2 Å². The van der Waals surface area contributed by atoms with Crippen molar-refractivity contribution in [3.05, 3.63) is 59.7 Å². The van der Waals surface area contributed by atoms with Crippen molar-refractivity contribution in [3.63, 3.8) is 0 Å². The van der Waals surface area contributed by atoms with Crippen molar-refractivity contribution in [1.82, 2.24) is 9.62 Å². The highest BCUT2D eigenvalue weighted by Crippen LogP contribution is 2.28. The van der Waals surface area contributed by atoms with Gasteiger partial charge in [0.05, 0.1) is 4.90 Å². The molecule has 1 atom stereocenters. The molecule has 2 aromatic rings. The fourth-order valence-electron chi connectivity index (χ4n) is 3.60. The second-order valence-electron chi connectivity index (χ2n) is 7.65. The minimum absolute atomic E-state index is 0.0437. The summed E-state index contributed by atoms with van der Waals surface area (Å²) in [4.78, 5) is 14.7. The standard InChI is InChI=1S/C21H25N3O3S/c1-15-7-8-19(13-20(15)28(26,27)23-18-9-10-18)22-21(25)24-12-11-17(14-24)16-5-3-2-4-6-16/h2-8,13,17-18,23H,9-12,14H2,1H3,(H,22,25)/t17-/m0/s1. The molecule has 28 heavy (non-hydrogen) atoms. The molecule has 7 heteroatoms. The topological polar surface area (TPSA) is 78.5 Å². The predicted octanol–water partition coefficient (Wildman–Crippen LogP) is 3.46. The third-order valence-corrected chi connectivity index (χ3v) is 7.04. The quantitative estimate of drug-likeness (QED) is 0.808. The maximum atomic E-state index is 12.7. The van der Waals surface area contributed by atoms with Crippen molar-refractivity contribution in [2.24, 2.45) is 0 Å². The molecule has 1 aliphatic heterocycles. The van der Waals surface area contributed by atoms with Crippen LogP contribution in [0.15, 0.2) is 53.4 Å². The molecular weight excluding hydrogens is 374 g/mol. The molecular formula is C21H25N3O3S. The second-order valence-corrected chi connectivity index (χ2v) is 9.33. The monoisotopic (exact) mass is 399 g/mol. The number of urea groups is 1. The molecule has 0 bridgehead atoms. The van der Waals surface area contributed by atoms with Crippen LogP contribution in [-0.4, -0.2) is 38.5 Å². The summed E-state index contributed by atoms with van der Waals surface area (Å²) in [5, 5.41) is 2.86. The Morgan fingerprint density at radius 3 is 2.54 bits per heavy atom. The average Bonchev–Trinajstić information content (AvgIpc) is 3.33. The minimum atomic E-state index is -3.56. The fraction of sp³-hybridized carbons (Fsp3) is 0.381. The molecule has 2 fully saturated rings. The van der Waals surface area contributed by atoms with E-state index in [-0.39, 0.29) is 17.0 Å². The van der Waals surface area contributed by atoms with Gasteiger partial charge in [0.2, 0.25) is 10.0 Å². The number of carbonyl (C=O) groups excluding carboxylic acids is 1. The molecule has 0 unspecified atom stereocenters. The van der Waals surface area contributed by atoms with E-state index in [4.69, 9.17) is 0 Å². The van der Waals surface area contributed by atoms with Gasteiger partial charge in [-0.05, 0) is 49.4 Å². The number of amides is 2. The number of hydrogen-bond acceptors (Lipinski definition) is 3. The lowest BCUT2D eigenvalue weighted by Gasteiger charge is -2.18. The van der Waals surface area contributed by atoms with Crippen LogP contribution in [0.25, 0.3) is 0 Å². The summed E-state index contributed by atoms with van der Waals surface area (Å²) < 4.78 is 27.8. The summed E-state index contributed by atoms with van der Waals surface area (Å²) in [7, 11) is -3.56. The van der Waals surface area contributed by atoms with E-state index in [0.717, 1.165) is 19.3 Å². The maximum absolute atomic E-state index is 12.7. The first-order valence-corrected chi connectivity index (χ1v) is 11.1. The number of likely N-dealkylation sites (tertiary alicyclic amines) is 1. The second kappa shape index (κ2) is 7.56. The largest absolute Gasteiger partial charge is 0.324 e. The third kappa shape index (κ3) is 4.20. The number of sulfonamides is 1. The van der Waals surface area contributed by atoms with Gasteiger partial charge >= 0.3 is 6.03 Å². The number of benzene rings is 2. The molecule has 1 heterocycles. The Balaban J connectivity index is 1.44. The lowest BCUT2D eigenvalue weighted by molar-refractivity contribution is 0.222. The van der Waals surface area contributed by atoms with E-state index < -0.39 is 10.0 Å². The van der Waals surface area contributed by atoms with Crippen LogP contribution in [0.5, 0.6) is 0 Å². The Morgan fingerprint density at radius 1 is 1.07 bits per heavy atom. The highest BCUT2D eigenvalue weighted by atomic mass is 32.2. The van der Waals surface area contributed by atoms with Crippen molar-refractivity contribution in [1.29, 1.82) is 0 Å². The van der Waals surface area contributed by atoms with Crippen molar-refractivity contribution in [2.75, 3.05) is 18.4 Å². The summed E-state index contributed by atoms with van der Waals surface area (Å²) in [6.07, 6.45) is 2.69. The minimum Gasteiger partial charge on any atom is -0.324 e. The van der Waals surface area contributed by atoms with Gasteiger partial charge in [-0.25, -0.2) is 17.9 Å². The van der Waals surface area contributed by atoms with Gasteiger partial charge in [-0.15, -0.1) is 0 Å². The number of aryl methyl sites for hydroxylation is 1. The maximum Gasteiger partial charge on any atom is 0.321 e. The van der Waals surface area contributed by atoms with Gasteiger partial charge in [0, 0.05) is 30.7 Å². The molecule has 2 amide bonds. The van der Waals surface area contributed by atoms with Crippen LogP contribution in [0.3, 0.4) is 0 Å². The predicted molar refractivity (Wildman–Crippen MR) is 109 cm³/mol. The number of nitrogens with zero attached hydrogens (tertiary/aromatic N) is 1. The first-order chi connectivity index (χ1) is 13.4. The summed E-state index contributed by atoms with van der Waals surface area (Å²) in [6, 6.07) is 15.1. The van der Waals surface area contributed by atoms with Crippen LogP contribution in [0.1, 0.15) is 36.3 Å². The highest BCUT2D eigenvalue weighted by molar-refractivity contribution is 7.89. The van der Waals surface area contributed by atoms with Crippen molar-refractivity contribution < 1.29 is 13.2 Å². The molecule has 0 aromatic heterocycles. The molecule has 148 valence electrons. The zero-order valence-corrected chi connectivity index (χ0v) is 16.7. The van der Waals surface area contributed by atoms with Crippen molar-refractivity contribution in [2.45, 2.75) is 43.0 Å². The molecule has 6 nitrogen and oxygen atoms in total. The van der Waals surface area contributed by atoms with Crippen molar-refractivity contribution >= 4 is 21.7 Å². The molecule has 0 spiro atoms. The van der Waals surface area contributed by atoms with Gasteiger partial charge in [-0.2, -0.15) is 0 Å². The Bertz CT molecular complexity index is 972. The van der Waals surface area contributed by atoms with Gasteiger partial charge in [-0.3, -0.25) is 0 Å². The number of anilines is 1. The Hall–Kier alpha value is -2.38. The third-order valence-electron chi connectivity index (χ3n) is 5.37. The molecule has 2 aromatic carbocycles. The number of hydrogen-bond donors (Lipinski definition) is 2. The van der Waals surface area contributed by atoms with E-state index >= 15 is 0 Å². The lowest BCUT2D eigenvalue weighted by Crippen LogP contribution is -2.33. The Morgan fingerprint density at radius 2 is 1.82 bits per heavy atom. The zero-order valence-electron chi connectivity index (χ0n) is 15.9. The Labute approximate surface area is 166 Å². The fourth-order valence-corrected chi connectivity index (χ4v) is 5.17. The van der Waals surface area contributed by atoms with E-state index in [1.54, 1.807) is 30.0 Å². The van der Waals surface area contributed by atoms with Crippen LogP contribution in [-0.2, 0) is 10.0 Å². The van der Waals surface area contributed by atoms with E-state index in [9.17, 15) is 13.2 Å². The van der Waals surface area contributed by atoms with E-state index in [1.165, 1.54) is 5.56 Å². The molecule has 0 radical (unpaired) electrons. The Kier molecular flexibility index (Phi) is 5.12. The highest BCUT2D eigenvalue weighted by Gasteiger charge is 2.30. The molecule has 4 rings (SSSR count). The molecule has 2 aliphatic rings. The summed E-state index contributed by atoms with van der Waals surface area (Å²) in [5.74, 6) is 0.337. The number of carbonyl (C=O) groups is 1. The average molecular weight is 400 g/mol. The summed E-state index contributed by atoms with van der Waals surface area (Å²) in [6.45, 7) is 3.11. The van der Waals surface area contributed by atoms with Gasteiger partial charge in [0.1, 0.15) is 0 Å². The number of rotatable bonds is 5. The van der Waals surface area contributed by atoms with Crippen LogP contribution < -0.4 is 10.0 Å². The van der Waals surface area contributed by atoms with Crippen LogP contribution in [0.2, 0.25) is 0 Å². The molecule has 1 saturated heterocycles. The van der Waals surface area contributed by atoms with Gasteiger partial charge in [-0.1, -0.05) is 36.4 Å². The van der Waals surface area contributed by atoms with Crippen LogP contribution >= 0.6 is 0 Å². The van der Waals surface area contributed by atoms with Gasteiger partial charge in [0.15, 0.2) is 0 Å². The normalized spacial score (nSPS) is 19.6. The van der Waals surface area contributed by atoms with E-state index in [2.05, 4.69) is 22.2 Å². The van der Waals surface area contributed by atoms with E-state index in [0.29, 0.717) is 30.3 Å². The van der Waals surface area contributed by atoms with E-state index in [1.807, 2.05) is 18.2 Å².